The van der Waals surface area contributed by atoms with Crippen molar-refractivity contribution in [3.05, 3.63) is 0 Å². The molecule has 0 rings (SSSR count). The average molecular weight is 657 g/mol. The largest absolute Gasteiger partial charge is 1.00 e. The fraction of sp³-hybridized carbons (Fsp3) is 0.889. The summed E-state index contributed by atoms with van der Waals surface area (Å²) in [5.41, 5.74) is 3.18. The standard InChI is InChI=1S/C9H21NO7P2.C9H20O8P2.Na/c1-4-5-8(2,3)7(11)6-9(10,18(12,13)14)19(15,16)17;1-4-5-8(2,3)7(10)6-9(11,18(12,13)14)19(15,16)17;/h4-6,10H2,1-3H3,(H2,12,13,14)(H2,15,16,17);11H,4-6H2,1-3H3,(H2,12,13,14)(H2,15,16,17);/q;;+1/p-1. The number of carbonyl (C=O) groups excluding carboxylic acids is 2. The van der Waals surface area contributed by atoms with Crippen molar-refractivity contribution in [3.8, 4) is 0 Å². The number of carbonyl (C=O) groups is 2. The predicted octanol–water partition coefficient (Wildman–Crippen LogP) is -2.11. The van der Waals surface area contributed by atoms with Gasteiger partial charge in [-0.05, 0) is 12.8 Å². The van der Waals surface area contributed by atoms with Crippen LogP contribution in [-0.4, -0.2) is 61.0 Å². The van der Waals surface area contributed by atoms with Crippen molar-refractivity contribution in [2.24, 2.45) is 16.6 Å². The van der Waals surface area contributed by atoms with Gasteiger partial charge in [-0.1, -0.05) is 54.4 Å². The quantitative estimate of drug-likeness (QED) is 0.0712. The molecular weight excluding hydrogens is 617 g/mol. The fourth-order valence-electron chi connectivity index (χ4n) is 3.20. The van der Waals surface area contributed by atoms with Gasteiger partial charge in [-0.15, -0.1) is 0 Å². The Kier molecular flexibility index (Phi) is 17.1. The van der Waals surface area contributed by atoms with E-state index < -0.39 is 75.7 Å². The summed E-state index contributed by atoms with van der Waals surface area (Å²) in [6, 6.07) is 0. The second kappa shape index (κ2) is 15.0. The van der Waals surface area contributed by atoms with E-state index in [4.69, 9.17) is 40.0 Å². The Morgan fingerprint density at radius 1 is 0.692 bits per heavy atom. The first-order chi connectivity index (χ1) is 16.4. The molecule has 0 radical (unpaired) electrons. The zero-order chi connectivity index (χ0) is 31.4. The number of rotatable bonds is 14. The maximum Gasteiger partial charge on any atom is 1.00 e. The van der Waals surface area contributed by atoms with Gasteiger partial charge >= 0.3 is 52.3 Å². The normalized spacial score (nSPS) is 16.6. The minimum absolute atomic E-state index is 0. The average Bonchev–Trinajstić information content (AvgIpc) is 2.64. The van der Waals surface area contributed by atoms with E-state index >= 15 is 0 Å². The molecular formula is C18H40NNaO15P4. The van der Waals surface area contributed by atoms with E-state index in [-0.39, 0.29) is 29.6 Å². The Bertz CT molecular complexity index is 913. The summed E-state index contributed by atoms with van der Waals surface area (Å²) >= 11 is 0. The van der Waals surface area contributed by atoms with Crippen molar-refractivity contribution in [1.29, 1.82) is 0 Å². The Balaban J connectivity index is -0.000000648. The first-order valence-electron chi connectivity index (χ1n) is 11.2. The third kappa shape index (κ3) is 11.8. The Morgan fingerprint density at radius 3 is 1.18 bits per heavy atom. The fourth-order valence-corrected chi connectivity index (χ4v) is 7.27. The molecule has 0 amide bonds. The third-order valence-electron chi connectivity index (χ3n) is 6.01. The summed E-state index contributed by atoms with van der Waals surface area (Å²) in [5.74, 6) is -1.55. The summed E-state index contributed by atoms with van der Waals surface area (Å²) in [5, 5.41) is 2.64. The minimum Gasteiger partial charge on any atom is -0.776 e. The third-order valence-corrected chi connectivity index (χ3v) is 13.6. The van der Waals surface area contributed by atoms with E-state index in [0.717, 1.165) is 0 Å². The number of hydrogen-bond donors (Lipinski definition) is 9. The molecule has 39 heavy (non-hydrogen) atoms. The van der Waals surface area contributed by atoms with E-state index in [1.54, 1.807) is 20.8 Å². The topological polar surface area (TPSA) is 313 Å². The molecule has 10 N–H and O–H groups in total. The summed E-state index contributed by atoms with van der Waals surface area (Å²) in [7, 11) is -22.2. The van der Waals surface area contributed by atoms with E-state index in [0.29, 0.717) is 25.7 Å². The van der Waals surface area contributed by atoms with Crippen LogP contribution in [0.3, 0.4) is 0 Å². The zero-order valence-electron chi connectivity index (χ0n) is 23.0. The van der Waals surface area contributed by atoms with Gasteiger partial charge < -0.3 is 54.6 Å². The van der Waals surface area contributed by atoms with Crippen molar-refractivity contribution >= 4 is 41.9 Å². The molecule has 0 fully saturated rings. The van der Waals surface area contributed by atoms with Gasteiger partial charge in [0.2, 0.25) is 10.1 Å². The molecule has 0 aromatic carbocycles. The van der Waals surface area contributed by atoms with Crippen molar-refractivity contribution < 1.29 is 102 Å². The monoisotopic (exact) mass is 657 g/mol. The summed E-state index contributed by atoms with van der Waals surface area (Å²) in [4.78, 5) is 97.7. The molecule has 0 bridgehead atoms. The Labute approximate surface area is 249 Å². The van der Waals surface area contributed by atoms with Crippen LogP contribution in [0.4, 0.5) is 0 Å². The molecule has 0 aliphatic carbocycles. The second-order valence-corrected chi connectivity index (χ2v) is 18.4. The van der Waals surface area contributed by atoms with Crippen LogP contribution in [0, 0.1) is 10.8 Å². The van der Waals surface area contributed by atoms with Crippen molar-refractivity contribution in [2.45, 2.75) is 90.2 Å². The SMILES string of the molecule is CCCC(C)(C)C(=O)CC(N)(P(=O)(O)O)P(=O)(O)O.CCCC(C)(C)C(=O)CC(O)(P(=O)([O-])O)P(=O)(O)O.[Na+]. The van der Waals surface area contributed by atoms with Crippen molar-refractivity contribution in [2.75, 3.05) is 0 Å². The van der Waals surface area contributed by atoms with Gasteiger partial charge in [0.15, 0.2) is 7.60 Å². The van der Waals surface area contributed by atoms with Gasteiger partial charge in [-0.25, -0.2) is 0 Å². The maximum atomic E-state index is 12.0. The molecule has 0 saturated heterocycles. The van der Waals surface area contributed by atoms with Crippen LogP contribution in [-0.2, 0) is 27.8 Å². The molecule has 0 aromatic heterocycles. The van der Waals surface area contributed by atoms with Gasteiger partial charge in [0.1, 0.15) is 11.6 Å². The van der Waals surface area contributed by atoms with Gasteiger partial charge in [0, 0.05) is 17.3 Å². The second-order valence-electron chi connectivity index (χ2n) is 10.3. The van der Waals surface area contributed by atoms with Crippen LogP contribution < -0.4 is 40.2 Å². The molecule has 0 saturated carbocycles. The van der Waals surface area contributed by atoms with Crippen LogP contribution in [0.1, 0.15) is 80.1 Å². The molecule has 0 spiro atoms. The molecule has 0 aliphatic heterocycles. The number of nitrogens with two attached hydrogens (primary N) is 1. The molecule has 21 heteroatoms. The van der Waals surface area contributed by atoms with Gasteiger partial charge in [-0.2, -0.15) is 0 Å². The summed E-state index contributed by atoms with van der Waals surface area (Å²) < 4.78 is 44.6. The molecule has 16 nitrogen and oxygen atoms in total. The van der Waals surface area contributed by atoms with Crippen LogP contribution in [0.2, 0.25) is 0 Å². The number of aliphatic hydroxyl groups is 1. The van der Waals surface area contributed by atoms with Crippen LogP contribution >= 0.6 is 30.4 Å². The zero-order valence-corrected chi connectivity index (χ0v) is 28.6. The molecule has 2 atom stereocenters. The summed E-state index contributed by atoms with van der Waals surface area (Å²) in [6.45, 7) is 9.60. The number of ketones is 2. The smallest absolute Gasteiger partial charge is 0.776 e. The summed E-state index contributed by atoms with van der Waals surface area (Å²) in [6.07, 6.45) is -0.443. The molecule has 0 aliphatic rings. The predicted molar refractivity (Wildman–Crippen MR) is 134 cm³/mol. The Hall–Kier alpha value is 0.860. The van der Waals surface area contributed by atoms with Crippen LogP contribution in [0.25, 0.3) is 0 Å². The van der Waals surface area contributed by atoms with E-state index in [1.165, 1.54) is 13.8 Å². The molecule has 228 valence electrons. The number of Topliss-reactive ketones (excluding diaryl/α,β-unsaturated/α-hetero) is 2. The van der Waals surface area contributed by atoms with E-state index in [9.17, 15) is 37.8 Å². The van der Waals surface area contributed by atoms with E-state index in [2.05, 4.69) is 0 Å². The van der Waals surface area contributed by atoms with Gasteiger partial charge in [0.05, 0.1) is 6.42 Å². The minimum atomic E-state index is -5.83. The molecule has 0 aromatic rings. The first-order valence-corrected chi connectivity index (χ1v) is 17.6. The Morgan fingerprint density at radius 2 is 0.974 bits per heavy atom. The van der Waals surface area contributed by atoms with Crippen LogP contribution in [0.15, 0.2) is 0 Å². The maximum absolute atomic E-state index is 12.0. The van der Waals surface area contributed by atoms with Gasteiger partial charge in [0.25, 0.3) is 0 Å². The van der Waals surface area contributed by atoms with Gasteiger partial charge in [-0.3, -0.25) is 23.3 Å². The van der Waals surface area contributed by atoms with Crippen LogP contribution in [0.5, 0.6) is 0 Å². The molecule has 0 heterocycles. The number of hydrogen-bond acceptors (Lipinski definition) is 9. The van der Waals surface area contributed by atoms with Crippen molar-refractivity contribution in [3.63, 3.8) is 0 Å². The van der Waals surface area contributed by atoms with E-state index in [1.807, 2.05) is 6.92 Å². The molecule has 2 unspecified atom stereocenters. The first kappa shape index (κ1) is 44.3. The van der Waals surface area contributed by atoms with Crippen molar-refractivity contribution in [1.82, 2.24) is 0 Å².